The topological polar surface area (TPSA) is 78.3 Å². The quantitative estimate of drug-likeness (QED) is 0.862. The van der Waals surface area contributed by atoms with Crippen molar-refractivity contribution in [1.29, 1.82) is 0 Å². The van der Waals surface area contributed by atoms with Gasteiger partial charge in [-0.15, -0.1) is 0 Å². The van der Waals surface area contributed by atoms with Gasteiger partial charge in [-0.05, 0) is 23.9 Å². The predicted molar refractivity (Wildman–Crippen MR) is 75.9 cm³/mol. The molecule has 0 radical (unpaired) electrons. The summed E-state index contributed by atoms with van der Waals surface area (Å²) in [5.74, 6) is 0.429. The number of ether oxygens (including phenoxy) is 1. The van der Waals surface area contributed by atoms with Gasteiger partial charge in [0.1, 0.15) is 5.75 Å². The Balaban J connectivity index is 2.51. The number of carbonyl (C=O) groups excluding carboxylic acids is 1. The van der Waals surface area contributed by atoms with E-state index in [0.29, 0.717) is 6.61 Å². The number of hydrogen-bond acceptors (Lipinski definition) is 3. The van der Waals surface area contributed by atoms with Crippen LogP contribution in [0.5, 0.6) is 5.75 Å². The Labute approximate surface area is 112 Å². The van der Waals surface area contributed by atoms with Crippen LogP contribution in [0.4, 0.5) is 0 Å². The number of amides is 1. The average Bonchev–Trinajstić information content (AvgIpc) is 2.38. The summed E-state index contributed by atoms with van der Waals surface area (Å²) in [5.41, 5.74) is 12.2. The van der Waals surface area contributed by atoms with E-state index < -0.39 is 11.9 Å². The van der Waals surface area contributed by atoms with Crippen molar-refractivity contribution >= 4 is 16.7 Å². The highest BCUT2D eigenvalue weighted by Gasteiger charge is 2.14. The lowest BCUT2D eigenvalue weighted by atomic mass is 9.96. The monoisotopic (exact) mass is 258 g/mol. The first-order valence-corrected chi connectivity index (χ1v) is 6.31. The Kier molecular flexibility index (Phi) is 4.02. The smallest absolute Gasteiger partial charge is 0.219 e. The standard InChI is InChI=1S/C15H18N2O2/c1-2-19-14-8-7-11(13(16)9-15(17)18)10-5-3-4-6-12(10)14/h3-8,13H,2,9,16H2,1H3,(H2,17,18). The normalized spacial score (nSPS) is 12.3. The molecule has 4 nitrogen and oxygen atoms in total. The molecule has 2 aromatic rings. The van der Waals surface area contributed by atoms with Crippen molar-refractivity contribution in [3.63, 3.8) is 0 Å². The van der Waals surface area contributed by atoms with E-state index in [4.69, 9.17) is 16.2 Å². The number of carbonyl (C=O) groups is 1. The van der Waals surface area contributed by atoms with Gasteiger partial charge in [0.05, 0.1) is 6.61 Å². The van der Waals surface area contributed by atoms with Crippen molar-refractivity contribution < 1.29 is 9.53 Å². The minimum Gasteiger partial charge on any atom is -0.493 e. The SMILES string of the molecule is CCOc1ccc(C(N)CC(N)=O)c2ccccc12. The molecule has 0 aromatic heterocycles. The summed E-state index contributed by atoms with van der Waals surface area (Å²) in [5, 5.41) is 2.00. The van der Waals surface area contributed by atoms with E-state index >= 15 is 0 Å². The zero-order valence-corrected chi connectivity index (χ0v) is 10.9. The lowest BCUT2D eigenvalue weighted by Crippen LogP contribution is -2.20. The minimum absolute atomic E-state index is 0.137. The van der Waals surface area contributed by atoms with Gasteiger partial charge in [0.15, 0.2) is 0 Å². The molecular formula is C15H18N2O2. The van der Waals surface area contributed by atoms with Gasteiger partial charge in [0.2, 0.25) is 5.91 Å². The number of nitrogens with two attached hydrogens (primary N) is 2. The molecule has 4 heteroatoms. The Bertz CT molecular complexity index is 596. The van der Waals surface area contributed by atoms with E-state index in [1.165, 1.54) is 0 Å². The first-order chi connectivity index (χ1) is 9.13. The van der Waals surface area contributed by atoms with Gasteiger partial charge in [-0.2, -0.15) is 0 Å². The molecule has 1 amide bonds. The van der Waals surface area contributed by atoms with Crippen LogP contribution in [0.3, 0.4) is 0 Å². The van der Waals surface area contributed by atoms with Crippen molar-refractivity contribution in [2.45, 2.75) is 19.4 Å². The molecule has 0 aliphatic heterocycles. The summed E-state index contributed by atoms with van der Waals surface area (Å²) >= 11 is 0. The summed E-state index contributed by atoms with van der Waals surface area (Å²) in [6.07, 6.45) is 0.137. The fourth-order valence-electron chi connectivity index (χ4n) is 2.23. The Morgan fingerprint density at radius 2 is 1.89 bits per heavy atom. The van der Waals surface area contributed by atoms with Crippen molar-refractivity contribution in [1.82, 2.24) is 0 Å². The molecule has 2 aromatic carbocycles. The van der Waals surface area contributed by atoms with E-state index in [9.17, 15) is 4.79 Å². The summed E-state index contributed by atoms with van der Waals surface area (Å²) in [6, 6.07) is 11.3. The maximum Gasteiger partial charge on any atom is 0.219 e. The van der Waals surface area contributed by atoms with E-state index in [0.717, 1.165) is 22.1 Å². The highest BCUT2D eigenvalue weighted by Crippen LogP contribution is 2.31. The highest BCUT2D eigenvalue weighted by molar-refractivity contribution is 5.91. The molecule has 1 unspecified atom stereocenters. The molecule has 0 fully saturated rings. The second-order valence-electron chi connectivity index (χ2n) is 4.41. The molecule has 0 saturated heterocycles. The zero-order chi connectivity index (χ0) is 13.8. The molecule has 0 aliphatic carbocycles. The van der Waals surface area contributed by atoms with Gasteiger partial charge >= 0.3 is 0 Å². The van der Waals surface area contributed by atoms with Crippen LogP contribution < -0.4 is 16.2 Å². The summed E-state index contributed by atoms with van der Waals surface area (Å²) in [4.78, 5) is 11.0. The second-order valence-corrected chi connectivity index (χ2v) is 4.41. The largest absolute Gasteiger partial charge is 0.493 e. The molecule has 1 atom stereocenters. The second kappa shape index (κ2) is 5.71. The number of fused-ring (bicyclic) bond motifs is 1. The van der Waals surface area contributed by atoms with Crippen LogP contribution in [0.2, 0.25) is 0 Å². The van der Waals surface area contributed by atoms with Gasteiger partial charge in [-0.3, -0.25) is 4.79 Å². The molecule has 100 valence electrons. The van der Waals surface area contributed by atoms with E-state index in [1.807, 2.05) is 43.3 Å². The molecule has 2 rings (SSSR count). The molecule has 0 aliphatic rings. The maximum atomic E-state index is 11.0. The molecule has 0 spiro atoms. The first-order valence-electron chi connectivity index (χ1n) is 6.31. The van der Waals surface area contributed by atoms with Gasteiger partial charge in [0.25, 0.3) is 0 Å². The molecular weight excluding hydrogens is 240 g/mol. The summed E-state index contributed by atoms with van der Waals surface area (Å²) in [6.45, 7) is 2.55. The number of benzene rings is 2. The molecule has 4 N–H and O–H groups in total. The van der Waals surface area contributed by atoms with E-state index in [2.05, 4.69) is 0 Å². The van der Waals surface area contributed by atoms with Crippen molar-refractivity contribution in [2.75, 3.05) is 6.61 Å². The third-order valence-electron chi connectivity index (χ3n) is 3.04. The highest BCUT2D eigenvalue weighted by atomic mass is 16.5. The van der Waals surface area contributed by atoms with Gasteiger partial charge in [-0.1, -0.05) is 30.3 Å². The summed E-state index contributed by atoms with van der Waals surface area (Å²) in [7, 11) is 0. The zero-order valence-electron chi connectivity index (χ0n) is 10.9. The fourth-order valence-corrected chi connectivity index (χ4v) is 2.23. The van der Waals surface area contributed by atoms with Crippen LogP contribution in [-0.4, -0.2) is 12.5 Å². The number of primary amides is 1. The van der Waals surface area contributed by atoms with E-state index in [1.54, 1.807) is 0 Å². The first kappa shape index (κ1) is 13.4. The van der Waals surface area contributed by atoms with Crippen LogP contribution in [0, 0.1) is 0 Å². The van der Waals surface area contributed by atoms with Crippen molar-refractivity contribution in [3.8, 4) is 5.75 Å². The van der Waals surface area contributed by atoms with Gasteiger partial charge < -0.3 is 16.2 Å². The van der Waals surface area contributed by atoms with Crippen molar-refractivity contribution in [3.05, 3.63) is 42.0 Å². The van der Waals surface area contributed by atoms with E-state index in [-0.39, 0.29) is 6.42 Å². The Morgan fingerprint density at radius 3 is 2.53 bits per heavy atom. The minimum atomic E-state index is -0.398. The van der Waals surface area contributed by atoms with Crippen LogP contribution in [0.25, 0.3) is 10.8 Å². The third kappa shape index (κ3) is 2.85. The molecule has 0 bridgehead atoms. The Hall–Kier alpha value is -2.07. The molecule has 0 saturated carbocycles. The van der Waals surface area contributed by atoms with Gasteiger partial charge in [0, 0.05) is 17.8 Å². The van der Waals surface area contributed by atoms with Crippen LogP contribution in [0.15, 0.2) is 36.4 Å². The van der Waals surface area contributed by atoms with Crippen LogP contribution >= 0.6 is 0 Å². The maximum absolute atomic E-state index is 11.0. The third-order valence-corrected chi connectivity index (χ3v) is 3.04. The predicted octanol–water partition coefficient (Wildman–Crippen LogP) is 2.11. The summed E-state index contributed by atoms with van der Waals surface area (Å²) < 4.78 is 5.60. The molecule has 19 heavy (non-hydrogen) atoms. The Morgan fingerprint density at radius 1 is 1.21 bits per heavy atom. The fraction of sp³-hybridized carbons (Fsp3) is 0.267. The van der Waals surface area contributed by atoms with Crippen LogP contribution in [-0.2, 0) is 4.79 Å². The molecule has 0 heterocycles. The number of hydrogen-bond donors (Lipinski definition) is 2. The average molecular weight is 258 g/mol. The van der Waals surface area contributed by atoms with Crippen LogP contribution in [0.1, 0.15) is 24.9 Å². The number of rotatable bonds is 5. The lowest BCUT2D eigenvalue weighted by Gasteiger charge is -2.15. The van der Waals surface area contributed by atoms with Crippen molar-refractivity contribution in [2.24, 2.45) is 11.5 Å². The lowest BCUT2D eigenvalue weighted by molar-refractivity contribution is -0.118. The van der Waals surface area contributed by atoms with Gasteiger partial charge in [-0.25, -0.2) is 0 Å².